The van der Waals surface area contributed by atoms with Gasteiger partial charge in [0.25, 0.3) is 0 Å². The Bertz CT molecular complexity index is 819. The number of phenols is 1. The summed E-state index contributed by atoms with van der Waals surface area (Å²) in [7, 11) is 2.13. The molecule has 1 N–H and O–H groups in total. The van der Waals surface area contributed by atoms with Gasteiger partial charge in [0.15, 0.2) is 0 Å². The summed E-state index contributed by atoms with van der Waals surface area (Å²) in [4.78, 5) is 2.26. The Hall–Kier alpha value is -2.42. The van der Waals surface area contributed by atoms with E-state index >= 15 is 0 Å². The summed E-state index contributed by atoms with van der Waals surface area (Å²) in [6.07, 6.45) is 1.02. The Kier molecular flexibility index (Phi) is 2.67. The minimum Gasteiger partial charge on any atom is -0.506 e. The second-order valence-corrected chi connectivity index (χ2v) is 5.66. The fourth-order valence-electron chi connectivity index (χ4n) is 3.45. The predicted molar refractivity (Wildman–Crippen MR) is 85.8 cm³/mol. The third-order valence-corrected chi connectivity index (χ3v) is 4.54. The molecule has 2 aromatic carbocycles. The van der Waals surface area contributed by atoms with Crippen LogP contribution in [0.5, 0.6) is 5.75 Å². The summed E-state index contributed by atoms with van der Waals surface area (Å²) < 4.78 is 2.29. The highest BCUT2D eigenvalue weighted by molar-refractivity contribution is 5.86. The van der Waals surface area contributed by atoms with E-state index in [0.29, 0.717) is 5.75 Å². The molecule has 0 fully saturated rings. The molecule has 3 aromatic rings. The van der Waals surface area contributed by atoms with Gasteiger partial charge in [-0.25, -0.2) is 0 Å². The molecule has 0 saturated heterocycles. The molecule has 21 heavy (non-hydrogen) atoms. The highest BCUT2D eigenvalue weighted by Gasteiger charge is 2.23. The summed E-state index contributed by atoms with van der Waals surface area (Å²) in [5.41, 5.74) is 5.03. The van der Waals surface area contributed by atoms with E-state index in [4.69, 9.17) is 0 Å². The van der Waals surface area contributed by atoms with Gasteiger partial charge >= 0.3 is 0 Å². The van der Waals surface area contributed by atoms with E-state index < -0.39 is 0 Å². The molecule has 0 atom stereocenters. The van der Waals surface area contributed by atoms with Crippen molar-refractivity contribution in [3.8, 4) is 5.75 Å². The van der Waals surface area contributed by atoms with Crippen LogP contribution in [0.1, 0.15) is 11.3 Å². The van der Waals surface area contributed by atoms with Gasteiger partial charge < -0.3 is 14.6 Å². The fourth-order valence-corrected chi connectivity index (χ4v) is 3.45. The van der Waals surface area contributed by atoms with Crippen LogP contribution >= 0.6 is 0 Å². The quantitative estimate of drug-likeness (QED) is 0.738. The monoisotopic (exact) mass is 278 g/mol. The second kappa shape index (κ2) is 4.55. The SMILES string of the molecule is Cn1c2c(c3ccccc31)CCN(c1ccccc1O)C2. The number of aromatic hydroxyl groups is 1. The lowest BCUT2D eigenvalue weighted by Crippen LogP contribution is -2.31. The number of aromatic nitrogens is 1. The molecule has 0 unspecified atom stereocenters. The largest absolute Gasteiger partial charge is 0.506 e. The van der Waals surface area contributed by atoms with E-state index in [1.54, 1.807) is 6.07 Å². The third kappa shape index (κ3) is 1.81. The van der Waals surface area contributed by atoms with Crippen molar-refractivity contribution < 1.29 is 5.11 Å². The minimum atomic E-state index is 0.361. The Balaban J connectivity index is 1.80. The molecular formula is C18H18N2O. The van der Waals surface area contributed by atoms with Crippen molar-refractivity contribution in [2.45, 2.75) is 13.0 Å². The molecule has 106 valence electrons. The van der Waals surface area contributed by atoms with Crippen LogP contribution in [-0.2, 0) is 20.0 Å². The number of phenolic OH excluding ortho intramolecular Hbond substituents is 1. The topological polar surface area (TPSA) is 28.4 Å². The number of nitrogens with zero attached hydrogens (tertiary/aromatic N) is 2. The maximum Gasteiger partial charge on any atom is 0.138 e. The molecule has 1 aromatic heterocycles. The van der Waals surface area contributed by atoms with Gasteiger partial charge in [-0.1, -0.05) is 30.3 Å². The summed E-state index contributed by atoms with van der Waals surface area (Å²) in [5, 5.41) is 11.4. The van der Waals surface area contributed by atoms with Gasteiger partial charge in [0, 0.05) is 30.2 Å². The number of hydrogen-bond acceptors (Lipinski definition) is 2. The van der Waals surface area contributed by atoms with Crippen molar-refractivity contribution in [3.63, 3.8) is 0 Å². The molecule has 0 bridgehead atoms. The van der Waals surface area contributed by atoms with Crippen LogP contribution in [0.4, 0.5) is 5.69 Å². The Labute approximate surface area is 124 Å². The number of aryl methyl sites for hydroxylation is 1. The molecule has 0 saturated carbocycles. The Morgan fingerprint density at radius 1 is 1.00 bits per heavy atom. The van der Waals surface area contributed by atoms with Crippen LogP contribution in [0.15, 0.2) is 48.5 Å². The maximum absolute atomic E-state index is 10.1. The Morgan fingerprint density at radius 3 is 2.62 bits per heavy atom. The molecule has 2 heterocycles. The lowest BCUT2D eigenvalue weighted by atomic mass is 10.0. The first-order valence-corrected chi connectivity index (χ1v) is 7.34. The van der Waals surface area contributed by atoms with Crippen LogP contribution in [0.25, 0.3) is 10.9 Å². The first-order chi connectivity index (χ1) is 10.3. The van der Waals surface area contributed by atoms with Gasteiger partial charge in [-0.2, -0.15) is 0 Å². The van der Waals surface area contributed by atoms with Gasteiger partial charge in [0.2, 0.25) is 0 Å². The van der Waals surface area contributed by atoms with Crippen molar-refractivity contribution in [2.75, 3.05) is 11.4 Å². The van der Waals surface area contributed by atoms with Crippen molar-refractivity contribution in [1.82, 2.24) is 4.57 Å². The average molecular weight is 278 g/mol. The van der Waals surface area contributed by atoms with Crippen LogP contribution in [0.3, 0.4) is 0 Å². The van der Waals surface area contributed by atoms with Gasteiger partial charge in [-0.3, -0.25) is 0 Å². The van der Waals surface area contributed by atoms with Gasteiger partial charge in [-0.15, -0.1) is 0 Å². The molecule has 0 radical (unpaired) electrons. The lowest BCUT2D eigenvalue weighted by molar-refractivity contribution is 0.472. The molecule has 0 aliphatic carbocycles. The average Bonchev–Trinajstić information content (AvgIpc) is 2.81. The highest BCUT2D eigenvalue weighted by Crippen LogP contribution is 2.34. The van der Waals surface area contributed by atoms with E-state index in [-0.39, 0.29) is 0 Å². The van der Waals surface area contributed by atoms with Crippen LogP contribution < -0.4 is 4.90 Å². The number of fused-ring (bicyclic) bond motifs is 3. The van der Waals surface area contributed by atoms with Crippen LogP contribution in [0.2, 0.25) is 0 Å². The van der Waals surface area contributed by atoms with E-state index in [1.807, 2.05) is 18.2 Å². The molecule has 3 nitrogen and oxygen atoms in total. The van der Waals surface area contributed by atoms with Gasteiger partial charge in [0.05, 0.1) is 12.2 Å². The van der Waals surface area contributed by atoms with Crippen molar-refractivity contribution in [3.05, 3.63) is 59.8 Å². The van der Waals surface area contributed by atoms with Crippen LogP contribution in [0, 0.1) is 0 Å². The number of hydrogen-bond donors (Lipinski definition) is 1. The van der Waals surface area contributed by atoms with Crippen molar-refractivity contribution in [2.24, 2.45) is 7.05 Å². The summed E-state index contributed by atoms with van der Waals surface area (Å²) in [6.45, 7) is 1.79. The number of para-hydroxylation sites is 3. The Morgan fingerprint density at radius 2 is 1.76 bits per heavy atom. The maximum atomic E-state index is 10.1. The zero-order valence-corrected chi connectivity index (χ0v) is 12.1. The minimum absolute atomic E-state index is 0.361. The molecule has 0 amide bonds. The zero-order chi connectivity index (χ0) is 14.4. The second-order valence-electron chi connectivity index (χ2n) is 5.66. The van der Waals surface area contributed by atoms with E-state index in [0.717, 1.165) is 25.2 Å². The highest BCUT2D eigenvalue weighted by atomic mass is 16.3. The van der Waals surface area contributed by atoms with E-state index in [9.17, 15) is 5.11 Å². The summed E-state index contributed by atoms with van der Waals surface area (Å²) in [6, 6.07) is 16.2. The third-order valence-electron chi connectivity index (χ3n) is 4.54. The zero-order valence-electron chi connectivity index (χ0n) is 12.1. The molecule has 3 heteroatoms. The first kappa shape index (κ1) is 12.3. The molecule has 1 aliphatic rings. The van der Waals surface area contributed by atoms with E-state index in [1.165, 1.54) is 22.2 Å². The summed E-state index contributed by atoms with van der Waals surface area (Å²) >= 11 is 0. The number of benzene rings is 2. The van der Waals surface area contributed by atoms with Gasteiger partial charge in [0.1, 0.15) is 5.75 Å². The smallest absolute Gasteiger partial charge is 0.138 e. The molecule has 1 aliphatic heterocycles. The van der Waals surface area contributed by atoms with Crippen molar-refractivity contribution in [1.29, 1.82) is 0 Å². The molecule has 0 spiro atoms. The molecular weight excluding hydrogens is 260 g/mol. The normalized spacial score (nSPS) is 14.4. The number of anilines is 1. The van der Waals surface area contributed by atoms with Gasteiger partial charge in [-0.05, 0) is 30.2 Å². The standard InChI is InChI=1S/C18H18N2O/c1-19-15-7-3-2-6-13(15)14-10-11-20(12-17(14)19)16-8-4-5-9-18(16)21/h2-9,21H,10-12H2,1H3. The predicted octanol–water partition coefficient (Wildman–Crippen LogP) is 3.45. The summed E-state index contributed by atoms with van der Waals surface area (Å²) in [5.74, 6) is 0.361. The van der Waals surface area contributed by atoms with Crippen LogP contribution in [-0.4, -0.2) is 16.2 Å². The van der Waals surface area contributed by atoms with Crippen molar-refractivity contribution >= 4 is 16.6 Å². The number of rotatable bonds is 1. The molecule has 4 rings (SSSR count). The lowest BCUT2D eigenvalue weighted by Gasteiger charge is -2.30. The first-order valence-electron chi connectivity index (χ1n) is 7.34. The van der Waals surface area contributed by atoms with E-state index in [2.05, 4.69) is 40.8 Å². The fraction of sp³-hybridized carbons (Fsp3) is 0.222.